The molecule has 0 saturated heterocycles. The van der Waals surface area contributed by atoms with E-state index in [9.17, 15) is 4.79 Å². The molecule has 3 aromatic rings. The third-order valence-corrected chi connectivity index (χ3v) is 5.78. The van der Waals surface area contributed by atoms with Gasteiger partial charge in [-0.1, -0.05) is 18.2 Å². The van der Waals surface area contributed by atoms with Crippen LogP contribution in [0.3, 0.4) is 0 Å². The number of ether oxygens (including phenoxy) is 3. The predicted octanol–water partition coefficient (Wildman–Crippen LogP) is 5.26. The first-order valence-electron chi connectivity index (χ1n) is 8.86. The van der Waals surface area contributed by atoms with E-state index < -0.39 is 0 Å². The number of Topliss-reactive ketones (excluding diaryl/α,β-unsaturated/α-hetero) is 1. The molecule has 1 heterocycles. The number of fused-ring (bicyclic) bond motifs is 1. The van der Waals surface area contributed by atoms with Crippen LogP contribution in [0.25, 0.3) is 16.5 Å². The SMILES string of the molecule is COc1cc(/C=C2\Cc3cc(-c4cccs4)ccc3C2=O)cc(OC)c1OC. The largest absolute Gasteiger partial charge is 0.493 e. The molecule has 0 saturated carbocycles. The zero-order valence-electron chi connectivity index (χ0n) is 15.9. The maximum Gasteiger partial charge on any atom is 0.203 e. The molecule has 28 heavy (non-hydrogen) atoms. The fourth-order valence-corrected chi connectivity index (χ4v) is 4.24. The molecule has 1 aromatic heterocycles. The molecule has 0 aliphatic heterocycles. The molecule has 0 unspecified atom stereocenters. The van der Waals surface area contributed by atoms with Gasteiger partial charge >= 0.3 is 0 Å². The topological polar surface area (TPSA) is 44.8 Å². The summed E-state index contributed by atoms with van der Waals surface area (Å²) in [5.41, 5.74) is 4.58. The number of methoxy groups -OCH3 is 3. The van der Waals surface area contributed by atoms with Gasteiger partial charge in [0.15, 0.2) is 17.3 Å². The Hall–Kier alpha value is -3.05. The molecule has 0 amide bonds. The highest BCUT2D eigenvalue weighted by Crippen LogP contribution is 2.39. The van der Waals surface area contributed by atoms with Crippen molar-refractivity contribution in [1.29, 1.82) is 0 Å². The smallest absolute Gasteiger partial charge is 0.203 e. The van der Waals surface area contributed by atoms with Gasteiger partial charge in [-0.05, 0) is 52.4 Å². The van der Waals surface area contributed by atoms with Crippen LogP contribution in [0.4, 0.5) is 0 Å². The Balaban J connectivity index is 1.70. The molecule has 0 fully saturated rings. The maximum absolute atomic E-state index is 12.9. The number of hydrogen-bond acceptors (Lipinski definition) is 5. The van der Waals surface area contributed by atoms with Crippen LogP contribution in [0, 0.1) is 0 Å². The van der Waals surface area contributed by atoms with E-state index in [1.165, 1.54) is 4.88 Å². The summed E-state index contributed by atoms with van der Waals surface area (Å²) in [6.45, 7) is 0. The van der Waals surface area contributed by atoms with Crippen molar-refractivity contribution in [3.8, 4) is 27.7 Å². The molecule has 0 bridgehead atoms. The van der Waals surface area contributed by atoms with Crippen molar-refractivity contribution in [2.45, 2.75) is 6.42 Å². The average Bonchev–Trinajstić information content (AvgIpc) is 3.36. The fraction of sp³-hybridized carbons (Fsp3) is 0.174. The van der Waals surface area contributed by atoms with Gasteiger partial charge in [0.1, 0.15) is 0 Å². The van der Waals surface area contributed by atoms with E-state index in [2.05, 4.69) is 17.5 Å². The summed E-state index contributed by atoms with van der Waals surface area (Å²) in [6.07, 6.45) is 2.52. The van der Waals surface area contributed by atoms with E-state index >= 15 is 0 Å². The lowest BCUT2D eigenvalue weighted by molar-refractivity contribution is 0.104. The Morgan fingerprint density at radius 2 is 1.71 bits per heavy atom. The minimum absolute atomic E-state index is 0.0708. The number of thiophene rings is 1. The zero-order valence-corrected chi connectivity index (χ0v) is 16.8. The van der Waals surface area contributed by atoms with Gasteiger partial charge in [-0.15, -0.1) is 11.3 Å². The number of allylic oxidation sites excluding steroid dienone is 1. The van der Waals surface area contributed by atoms with E-state index in [0.717, 1.165) is 27.8 Å². The highest BCUT2D eigenvalue weighted by atomic mass is 32.1. The Morgan fingerprint density at radius 3 is 2.32 bits per heavy atom. The van der Waals surface area contributed by atoms with Gasteiger partial charge in [0.25, 0.3) is 0 Å². The highest BCUT2D eigenvalue weighted by molar-refractivity contribution is 7.13. The van der Waals surface area contributed by atoms with Crippen LogP contribution in [-0.4, -0.2) is 27.1 Å². The van der Waals surface area contributed by atoms with Crippen LogP contribution in [-0.2, 0) is 6.42 Å². The van der Waals surface area contributed by atoms with Crippen LogP contribution in [0.2, 0.25) is 0 Å². The molecule has 4 nitrogen and oxygen atoms in total. The molecule has 0 atom stereocenters. The summed E-state index contributed by atoms with van der Waals surface area (Å²) in [5, 5.41) is 2.06. The number of rotatable bonds is 5. The van der Waals surface area contributed by atoms with Gasteiger partial charge in [0.2, 0.25) is 5.75 Å². The molecule has 142 valence electrons. The monoisotopic (exact) mass is 392 g/mol. The number of carbonyl (C=O) groups is 1. The van der Waals surface area contributed by atoms with Gasteiger partial charge < -0.3 is 14.2 Å². The first kappa shape index (κ1) is 18.3. The lowest BCUT2D eigenvalue weighted by Gasteiger charge is -2.13. The number of benzene rings is 2. The first-order chi connectivity index (χ1) is 13.6. The third kappa shape index (κ3) is 3.18. The van der Waals surface area contributed by atoms with Crippen molar-refractivity contribution in [1.82, 2.24) is 0 Å². The Labute approximate surface area is 168 Å². The van der Waals surface area contributed by atoms with E-state index in [-0.39, 0.29) is 5.78 Å². The van der Waals surface area contributed by atoms with Crippen molar-refractivity contribution in [3.05, 3.63) is 70.1 Å². The molecule has 0 spiro atoms. The summed E-state index contributed by atoms with van der Waals surface area (Å²) in [5.74, 6) is 1.74. The maximum atomic E-state index is 12.9. The van der Waals surface area contributed by atoms with Gasteiger partial charge in [0, 0.05) is 22.4 Å². The van der Waals surface area contributed by atoms with Gasteiger partial charge in [-0.25, -0.2) is 0 Å². The van der Waals surface area contributed by atoms with E-state index in [0.29, 0.717) is 23.7 Å². The van der Waals surface area contributed by atoms with E-state index in [1.54, 1.807) is 32.7 Å². The molecule has 4 rings (SSSR count). The molecule has 5 heteroatoms. The van der Waals surface area contributed by atoms with E-state index in [4.69, 9.17) is 14.2 Å². The summed E-state index contributed by atoms with van der Waals surface area (Å²) < 4.78 is 16.2. The number of ketones is 1. The van der Waals surface area contributed by atoms with E-state index in [1.807, 2.05) is 36.4 Å². The van der Waals surface area contributed by atoms with Crippen LogP contribution in [0.5, 0.6) is 17.2 Å². The summed E-state index contributed by atoms with van der Waals surface area (Å²) in [4.78, 5) is 14.1. The predicted molar refractivity (Wildman–Crippen MR) is 112 cm³/mol. The lowest BCUT2D eigenvalue weighted by Crippen LogP contribution is -1.97. The van der Waals surface area contributed by atoms with Crippen molar-refractivity contribution >= 4 is 23.2 Å². The minimum atomic E-state index is 0.0708. The normalized spacial score (nSPS) is 14.2. The Kier molecular flexibility index (Phi) is 4.92. The fourth-order valence-electron chi connectivity index (χ4n) is 3.52. The quantitative estimate of drug-likeness (QED) is 0.556. The van der Waals surface area contributed by atoms with Gasteiger partial charge in [-0.2, -0.15) is 0 Å². The lowest BCUT2D eigenvalue weighted by atomic mass is 10.1. The molecule has 2 aromatic carbocycles. The molecule has 0 radical (unpaired) electrons. The van der Waals surface area contributed by atoms with Crippen LogP contribution in [0.1, 0.15) is 21.5 Å². The number of hydrogen-bond donors (Lipinski definition) is 0. The first-order valence-corrected chi connectivity index (χ1v) is 9.74. The summed E-state index contributed by atoms with van der Waals surface area (Å²) >= 11 is 1.70. The van der Waals surface area contributed by atoms with Crippen LogP contribution in [0.15, 0.2) is 53.4 Å². The second-order valence-corrected chi connectivity index (χ2v) is 7.43. The van der Waals surface area contributed by atoms with Crippen molar-refractivity contribution in [2.75, 3.05) is 21.3 Å². The molecule has 1 aliphatic rings. The second kappa shape index (κ2) is 7.52. The molecular weight excluding hydrogens is 372 g/mol. The van der Waals surface area contributed by atoms with Crippen molar-refractivity contribution in [3.63, 3.8) is 0 Å². The molecule has 0 N–H and O–H groups in total. The standard InChI is InChI=1S/C23H20O4S/c1-25-19-10-14(11-20(26-2)23(19)27-3)9-17-13-16-12-15(21-5-4-8-28-21)6-7-18(16)22(17)24/h4-12H,13H2,1-3H3/b17-9+. The highest BCUT2D eigenvalue weighted by Gasteiger charge is 2.25. The average molecular weight is 392 g/mol. The van der Waals surface area contributed by atoms with Crippen molar-refractivity contribution < 1.29 is 19.0 Å². The third-order valence-electron chi connectivity index (χ3n) is 4.86. The summed E-state index contributed by atoms with van der Waals surface area (Å²) in [7, 11) is 4.73. The van der Waals surface area contributed by atoms with Crippen LogP contribution >= 0.6 is 11.3 Å². The Morgan fingerprint density at radius 1 is 0.964 bits per heavy atom. The van der Waals surface area contributed by atoms with Crippen molar-refractivity contribution in [2.24, 2.45) is 0 Å². The second-order valence-electron chi connectivity index (χ2n) is 6.48. The van der Waals surface area contributed by atoms with Crippen LogP contribution < -0.4 is 14.2 Å². The summed E-state index contributed by atoms with van der Waals surface area (Å²) in [6, 6.07) is 13.9. The minimum Gasteiger partial charge on any atom is -0.493 e. The molecule has 1 aliphatic carbocycles. The molecular formula is C23H20O4S. The number of carbonyl (C=O) groups excluding carboxylic acids is 1. The Bertz CT molecular complexity index is 1040. The zero-order chi connectivity index (χ0) is 19.7. The van der Waals surface area contributed by atoms with Gasteiger partial charge in [-0.3, -0.25) is 4.79 Å². The van der Waals surface area contributed by atoms with Gasteiger partial charge in [0.05, 0.1) is 21.3 Å².